The van der Waals surface area contributed by atoms with E-state index in [2.05, 4.69) is 10.6 Å². The van der Waals surface area contributed by atoms with Crippen molar-refractivity contribution in [2.75, 3.05) is 26.2 Å². The van der Waals surface area contributed by atoms with E-state index in [4.69, 9.17) is 4.74 Å². The van der Waals surface area contributed by atoms with Gasteiger partial charge in [0.1, 0.15) is 0 Å². The van der Waals surface area contributed by atoms with Crippen LogP contribution in [0, 0.1) is 0 Å². The van der Waals surface area contributed by atoms with Crippen LogP contribution < -0.4 is 10.6 Å². The SMILES string of the molecule is CCCN(CC1=C(C(=O)OCC)C(C)NC(=O)N1)CC(F)(F)F. The van der Waals surface area contributed by atoms with Gasteiger partial charge in [-0.25, -0.2) is 9.59 Å². The van der Waals surface area contributed by atoms with E-state index in [1.165, 1.54) is 0 Å². The molecule has 0 aromatic rings. The predicted octanol–water partition coefficient (Wildman–Crippen LogP) is 1.78. The maximum atomic E-state index is 12.7. The van der Waals surface area contributed by atoms with E-state index in [-0.39, 0.29) is 31.0 Å². The molecule has 1 aliphatic heterocycles. The average molecular weight is 337 g/mol. The Bertz CT molecular complexity index is 478. The number of hydrogen-bond donors (Lipinski definition) is 2. The number of alkyl halides is 3. The van der Waals surface area contributed by atoms with Crippen LogP contribution in [0.2, 0.25) is 0 Å². The lowest BCUT2D eigenvalue weighted by Gasteiger charge is -2.30. The monoisotopic (exact) mass is 337 g/mol. The van der Waals surface area contributed by atoms with E-state index in [1.807, 2.05) is 0 Å². The van der Waals surface area contributed by atoms with Crippen molar-refractivity contribution in [3.05, 3.63) is 11.3 Å². The molecule has 132 valence electrons. The van der Waals surface area contributed by atoms with Gasteiger partial charge in [-0.2, -0.15) is 13.2 Å². The first-order valence-electron chi connectivity index (χ1n) is 7.44. The first-order chi connectivity index (χ1) is 10.7. The summed E-state index contributed by atoms with van der Waals surface area (Å²) in [6.45, 7) is 4.00. The molecule has 1 unspecified atom stereocenters. The molecule has 0 saturated heterocycles. The van der Waals surface area contributed by atoms with Gasteiger partial charge in [-0.15, -0.1) is 0 Å². The number of hydrogen-bond acceptors (Lipinski definition) is 4. The zero-order valence-corrected chi connectivity index (χ0v) is 13.4. The summed E-state index contributed by atoms with van der Waals surface area (Å²) in [4.78, 5) is 24.8. The minimum absolute atomic E-state index is 0.136. The first kappa shape index (κ1) is 19.3. The lowest BCUT2D eigenvalue weighted by molar-refractivity contribution is -0.145. The number of esters is 1. The zero-order valence-electron chi connectivity index (χ0n) is 13.4. The van der Waals surface area contributed by atoms with Crippen molar-refractivity contribution in [2.45, 2.75) is 39.4 Å². The Labute approximate surface area is 133 Å². The van der Waals surface area contributed by atoms with Gasteiger partial charge in [-0.3, -0.25) is 4.90 Å². The number of urea groups is 1. The molecule has 0 fully saturated rings. The van der Waals surface area contributed by atoms with Gasteiger partial charge in [-0.05, 0) is 26.8 Å². The topological polar surface area (TPSA) is 70.7 Å². The van der Waals surface area contributed by atoms with Gasteiger partial charge in [0.15, 0.2) is 0 Å². The van der Waals surface area contributed by atoms with E-state index in [1.54, 1.807) is 20.8 Å². The molecule has 6 nitrogen and oxygen atoms in total. The van der Waals surface area contributed by atoms with Crippen LogP contribution in [-0.2, 0) is 9.53 Å². The normalized spacial score (nSPS) is 18.7. The number of ether oxygens (including phenoxy) is 1. The van der Waals surface area contributed by atoms with Gasteiger partial charge in [0.05, 0.1) is 24.8 Å². The number of nitrogens with one attached hydrogen (secondary N) is 2. The molecule has 9 heteroatoms. The standard InChI is InChI=1S/C14H22F3N3O3/c1-4-6-20(8-14(15,16)17)7-10-11(12(21)23-5-2)9(3)18-13(22)19-10/h9H,4-8H2,1-3H3,(H2,18,19,22). The Morgan fingerprint density at radius 2 is 2.00 bits per heavy atom. The lowest BCUT2D eigenvalue weighted by Crippen LogP contribution is -2.51. The fourth-order valence-electron chi connectivity index (χ4n) is 2.41. The number of carbonyl (C=O) groups excluding carboxylic acids is 2. The molecule has 1 heterocycles. The minimum atomic E-state index is -4.36. The molecule has 2 amide bonds. The number of halogens is 3. The van der Waals surface area contributed by atoms with Crippen molar-refractivity contribution in [1.82, 2.24) is 15.5 Å². The van der Waals surface area contributed by atoms with Crippen molar-refractivity contribution in [2.24, 2.45) is 0 Å². The third kappa shape index (κ3) is 6.09. The van der Waals surface area contributed by atoms with Crippen LogP contribution >= 0.6 is 0 Å². The summed E-state index contributed by atoms with van der Waals surface area (Å²) >= 11 is 0. The fraction of sp³-hybridized carbons (Fsp3) is 0.714. The van der Waals surface area contributed by atoms with E-state index in [0.717, 1.165) is 4.90 Å². The molecule has 0 bridgehead atoms. The van der Waals surface area contributed by atoms with Crippen molar-refractivity contribution in [3.8, 4) is 0 Å². The van der Waals surface area contributed by atoms with Crippen LogP contribution in [0.1, 0.15) is 27.2 Å². The summed E-state index contributed by atoms with van der Waals surface area (Å²) in [5.41, 5.74) is 0.298. The molecule has 0 aromatic heterocycles. The van der Waals surface area contributed by atoms with E-state index in [9.17, 15) is 22.8 Å². The van der Waals surface area contributed by atoms with E-state index >= 15 is 0 Å². The molecular weight excluding hydrogens is 315 g/mol. The minimum Gasteiger partial charge on any atom is -0.463 e. The molecular formula is C14H22F3N3O3. The number of rotatable bonds is 7. The first-order valence-corrected chi connectivity index (χ1v) is 7.44. The molecule has 2 N–H and O–H groups in total. The molecule has 0 radical (unpaired) electrons. The van der Waals surface area contributed by atoms with Crippen LogP contribution in [0.15, 0.2) is 11.3 Å². The highest BCUT2D eigenvalue weighted by atomic mass is 19.4. The highest BCUT2D eigenvalue weighted by Gasteiger charge is 2.34. The second kappa shape index (κ2) is 8.19. The van der Waals surface area contributed by atoms with Gasteiger partial charge in [0.2, 0.25) is 0 Å². The summed E-state index contributed by atoms with van der Waals surface area (Å²) in [5, 5.41) is 4.93. The summed E-state index contributed by atoms with van der Waals surface area (Å²) in [6.07, 6.45) is -3.85. The Hall–Kier alpha value is -1.77. The van der Waals surface area contributed by atoms with Crippen LogP contribution in [0.25, 0.3) is 0 Å². The fourth-order valence-corrected chi connectivity index (χ4v) is 2.41. The average Bonchev–Trinajstić information content (AvgIpc) is 2.36. The Balaban J connectivity index is 3.05. The molecule has 1 rings (SSSR count). The van der Waals surface area contributed by atoms with Crippen molar-refractivity contribution >= 4 is 12.0 Å². The predicted molar refractivity (Wildman–Crippen MR) is 77.6 cm³/mol. The second-order valence-corrected chi connectivity index (χ2v) is 5.26. The van der Waals surface area contributed by atoms with Gasteiger partial charge in [-0.1, -0.05) is 6.92 Å². The summed E-state index contributed by atoms with van der Waals surface area (Å²) in [7, 11) is 0. The van der Waals surface area contributed by atoms with Gasteiger partial charge < -0.3 is 15.4 Å². The van der Waals surface area contributed by atoms with Crippen LogP contribution in [-0.4, -0.2) is 55.4 Å². The Morgan fingerprint density at radius 3 is 2.52 bits per heavy atom. The molecule has 1 atom stereocenters. The molecule has 0 saturated carbocycles. The quantitative estimate of drug-likeness (QED) is 0.695. The third-order valence-electron chi connectivity index (χ3n) is 3.19. The molecule has 1 aliphatic rings. The molecule has 0 aromatic carbocycles. The second-order valence-electron chi connectivity index (χ2n) is 5.26. The number of carbonyl (C=O) groups is 2. The van der Waals surface area contributed by atoms with E-state index < -0.39 is 30.8 Å². The lowest BCUT2D eigenvalue weighted by atomic mass is 10.0. The van der Waals surface area contributed by atoms with Gasteiger partial charge in [0.25, 0.3) is 0 Å². The maximum absolute atomic E-state index is 12.7. The Morgan fingerprint density at radius 1 is 1.35 bits per heavy atom. The zero-order chi connectivity index (χ0) is 17.6. The van der Waals surface area contributed by atoms with Gasteiger partial charge >= 0.3 is 18.2 Å². The van der Waals surface area contributed by atoms with Crippen molar-refractivity contribution < 1.29 is 27.5 Å². The molecule has 23 heavy (non-hydrogen) atoms. The smallest absolute Gasteiger partial charge is 0.401 e. The van der Waals surface area contributed by atoms with E-state index in [0.29, 0.717) is 6.42 Å². The van der Waals surface area contributed by atoms with Crippen LogP contribution in [0.3, 0.4) is 0 Å². The number of amides is 2. The largest absolute Gasteiger partial charge is 0.463 e. The summed E-state index contributed by atoms with van der Waals surface area (Å²) in [5.74, 6) is -0.647. The molecule has 0 spiro atoms. The highest BCUT2D eigenvalue weighted by molar-refractivity contribution is 5.94. The van der Waals surface area contributed by atoms with Gasteiger partial charge in [0, 0.05) is 12.2 Å². The van der Waals surface area contributed by atoms with Crippen LogP contribution in [0.5, 0.6) is 0 Å². The Kier molecular flexibility index (Phi) is 6.86. The number of nitrogens with zero attached hydrogens (tertiary/aromatic N) is 1. The van der Waals surface area contributed by atoms with Crippen molar-refractivity contribution in [3.63, 3.8) is 0 Å². The maximum Gasteiger partial charge on any atom is 0.401 e. The highest BCUT2D eigenvalue weighted by Crippen LogP contribution is 2.20. The van der Waals surface area contributed by atoms with Crippen molar-refractivity contribution in [1.29, 1.82) is 0 Å². The van der Waals surface area contributed by atoms with Crippen LogP contribution in [0.4, 0.5) is 18.0 Å². The summed E-state index contributed by atoms with van der Waals surface area (Å²) < 4.78 is 42.9. The third-order valence-corrected chi connectivity index (χ3v) is 3.19. The molecule has 0 aliphatic carbocycles. The summed E-state index contributed by atoms with van der Waals surface area (Å²) in [6, 6.07) is -1.18.